The zero-order valence-corrected chi connectivity index (χ0v) is 10.9. The molecule has 1 aliphatic rings. The maximum atomic E-state index is 11.5. The Hall–Kier alpha value is -0.840. The molecule has 0 heterocycles. The Morgan fingerprint density at radius 2 is 2.00 bits per heavy atom. The minimum atomic E-state index is -0.510. The van der Waals surface area contributed by atoms with Gasteiger partial charge < -0.3 is 10.1 Å². The molecule has 0 aromatic heterocycles. The molecule has 0 aliphatic heterocycles. The van der Waals surface area contributed by atoms with E-state index in [1.807, 2.05) is 0 Å². The van der Waals surface area contributed by atoms with Crippen LogP contribution in [0.15, 0.2) is 10.2 Å². The molecule has 0 atom stereocenters. The standard InChI is InChI=1S/C11H16BrNO3/c1-16-11(15)10(13-7-14)9(12)8-5-3-2-4-6-8/h7-8H,2-6H2,1H3,(H,13,14)/b10-9-. The van der Waals surface area contributed by atoms with Gasteiger partial charge in [-0.1, -0.05) is 35.2 Å². The molecular weight excluding hydrogens is 274 g/mol. The maximum absolute atomic E-state index is 11.5. The molecule has 1 amide bonds. The lowest BCUT2D eigenvalue weighted by Gasteiger charge is -2.22. The van der Waals surface area contributed by atoms with E-state index in [0.717, 1.165) is 30.2 Å². The van der Waals surface area contributed by atoms with Gasteiger partial charge in [0.1, 0.15) is 5.70 Å². The normalized spacial score (nSPS) is 18.6. The van der Waals surface area contributed by atoms with Gasteiger partial charge in [-0.15, -0.1) is 0 Å². The minimum Gasteiger partial charge on any atom is -0.464 e. The van der Waals surface area contributed by atoms with Crippen molar-refractivity contribution in [2.75, 3.05) is 7.11 Å². The number of esters is 1. The van der Waals surface area contributed by atoms with Crippen LogP contribution in [0.3, 0.4) is 0 Å². The van der Waals surface area contributed by atoms with Crippen LogP contribution in [-0.4, -0.2) is 19.5 Å². The third kappa shape index (κ3) is 3.33. The van der Waals surface area contributed by atoms with Crippen LogP contribution in [0.1, 0.15) is 32.1 Å². The molecular formula is C11H16BrNO3. The molecule has 5 heteroatoms. The summed E-state index contributed by atoms with van der Waals surface area (Å²) < 4.78 is 5.38. The maximum Gasteiger partial charge on any atom is 0.355 e. The fourth-order valence-electron chi connectivity index (χ4n) is 1.95. The fourth-order valence-corrected chi connectivity index (χ4v) is 2.68. The van der Waals surface area contributed by atoms with Crippen LogP contribution in [0.5, 0.6) is 0 Å². The zero-order valence-electron chi connectivity index (χ0n) is 9.29. The van der Waals surface area contributed by atoms with E-state index in [0.29, 0.717) is 12.3 Å². The number of methoxy groups -OCH3 is 1. The molecule has 0 unspecified atom stereocenters. The molecule has 0 saturated heterocycles. The Bertz CT molecular complexity index is 296. The summed E-state index contributed by atoms with van der Waals surface area (Å²) in [5.41, 5.74) is 0.226. The summed E-state index contributed by atoms with van der Waals surface area (Å²) in [6.07, 6.45) is 6.15. The van der Waals surface area contributed by atoms with Gasteiger partial charge in [0.2, 0.25) is 6.41 Å². The minimum absolute atomic E-state index is 0.226. The first-order valence-electron chi connectivity index (χ1n) is 5.39. The number of ether oxygens (including phenoxy) is 1. The van der Waals surface area contributed by atoms with Gasteiger partial charge in [-0.05, 0) is 18.8 Å². The first kappa shape index (κ1) is 13.2. The summed E-state index contributed by atoms with van der Waals surface area (Å²) in [5.74, 6) is -0.195. The van der Waals surface area contributed by atoms with Gasteiger partial charge in [-0.3, -0.25) is 4.79 Å². The molecule has 90 valence electrons. The molecule has 1 fully saturated rings. The van der Waals surface area contributed by atoms with Crippen LogP contribution in [0.25, 0.3) is 0 Å². The molecule has 16 heavy (non-hydrogen) atoms. The van der Waals surface area contributed by atoms with Crippen LogP contribution < -0.4 is 5.32 Å². The molecule has 0 bridgehead atoms. The predicted octanol–water partition coefficient (Wildman–Crippen LogP) is 2.09. The van der Waals surface area contributed by atoms with Crippen molar-refractivity contribution in [1.29, 1.82) is 0 Å². The second-order valence-electron chi connectivity index (χ2n) is 3.81. The van der Waals surface area contributed by atoms with Gasteiger partial charge in [0.05, 0.1) is 7.11 Å². The molecule has 1 aliphatic carbocycles. The molecule has 1 rings (SSSR count). The van der Waals surface area contributed by atoms with Gasteiger partial charge in [0.15, 0.2) is 0 Å². The van der Waals surface area contributed by atoms with Gasteiger partial charge in [-0.25, -0.2) is 4.79 Å². The van der Waals surface area contributed by atoms with Crippen LogP contribution in [-0.2, 0) is 14.3 Å². The van der Waals surface area contributed by atoms with Crippen molar-refractivity contribution in [2.45, 2.75) is 32.1 Å². The van der Waals surface area contributed by atoms with Crippen LogP contribution in [0, 0.1) is 5.92 Å². The number of rotatable bonds is 4. The first-order chi connectivity index (χ1) is 7.70. The summed E-state index contributed by atoms with van der Waals surface area (Å²) in [6, 6.07) is 0. The molecule has 0 aromatic rings. The lowest BCUT2D eigenvalue weighted by Crippen LogP contribution is -2.23. The quantitative estimate of drug-likeness (QED) is 0.490. The third-order valence-electron chi connectivity index (χ3n) is 2.80. The number of halogens is 1. The van der Waals surface area contributed by atoms with E-state index >= 15 is 0 Å². The van der Waals surface area contributed by atoms with E-state index < -0.39 is 5.97 Å². The van der Waals surface area contributed by atoms with E-state index in [1.165, 1.54) is 13.5 Å². The number of amides is 1. The SMILES string of the molecule is COC(=O)/C(NC=O)=C(/Br)C1CCCCC1. The summed E-state index contributed by atoms with van der Waals surface area (Å²) in [6.45, 7) is 0. The lowest BCUT2D eigenvalue weighted by atomic mass is 9.88. The topological polar surface area (TPSA) is 55.4 Å². The Morgan fingerprint density at radius 3 is 2.50 bits per heavy atom. The highest BCUT2D eigenvalue weighted by Crippen LogP contribution is 2.34. The number of carbonyl (C=O) groups excluding carboxylic acids is 2. The number of carbonyl (C=O) groups is 2. The van der Waals surface area contributed by atoms with Crippen molar-refractivity contribution in [3.05, 3.63) is 10.2 Å². The monoisotopic (exact) mass is 289 g/mol. The van der Waals surface area contributed by atoms with Crippen LogP contribution in [0.4, 0.5) is 0 Å². The highest BCUT2D eigenvalue weighted by molar-refractivity contribution is 9.11. The van der Waals surface area contributed by atoms with Crippen molar-refractivity contribution in [1.82, 2.24) is 5.32 Å². The fraction of sp³-hybridized carbons (Fsp3) is 0.636. The molecule has 4 nitrogen and oxygen atoms in total. The van der Waals surface area contributed by atoms with Gasteiger partial charge in [-0.2, -0.15) is 0 Å². The Morgan fingerprint density at radius 1 is 1.38 bits per heavy atom. The van der Waals surface area contributed by atoms with Crippen molar-refractivity contribution < 1.29 is 14.3 Å². The average Bonchev–Trinajstić information content (AvgIpc) is 2.35. The summed E-state index contributed by atoms with van der Waals surface area (Å²) in [5, 5.41) is 2.41. The number of nitrogens with one attached hydrogen (secondary N) is 1. The van der Waals surface area contributed by atoms with Crippen molar-refractivity contribution in [3.63, 3.8) is 0 Å². The largest absolute Gasteiger partial charge is 0.464 e. The predicted molar refractivity (Wildman–Crippen MR) is 63.7 cm³/mol. The summed E-state index contributed by atoms with van der Waals surface area (Å²) >= 11 is 3.41. The summed E-state index contributed by atoms with van der Waals surface area (Å²) in [7, 11) is 1.30. The second-order valence-corrected chi connectivity index (χ2v) is 4.67. The molecule has 0 radical (unpaired) electrons. The van der Waals surface area contributed by atoms with E-state index in [4.69, 9.17) is 0 Å². The smallest absolute Gasteiger partial charge is 0.355 e. The van der Waals surface area contributed by atoms with Crippen molar-refractivity contribution in [2.24, 2.45) is 5.92 Å². The molecule has 1 saturated carbocycles. The molecule has 0 spiro atoms. The Kier molecular flexibility index (Phi) is 5.52. The van der Waals surface area contributed by atoms with E-state index in [-0.39, 0.29) is 5.70 Å². The van der Waals surface area contributed by atoms with E-state index in [1.54, 1.807) is 0 Å². The van der Waals surface area contributed by atoms with Crippen molar-refractivity contribution in [3.8, 4) is 0 Å². The van der Waals surface area contributed by atoms with Crippen molar-refractivity contribution >= 4 is 28.3 Å². The van der Waals surface area contributed by atoms with E-state index in [9.17, 15) is 9.59 Å². The number of hydrogen-bond donors (Lipinski definition) is 1. The lowest BCUT2D eigenvalue weighted by molar-refractivity contribution is -0.137. The molecule has 0 aromatic carbocycles. The highest BCUT2D eigenvalue weighted by atomic mass is 79.9. The molecule has 1 N–H and O–H groups in total. The summed E-state index contributed by atoms with van der Waals surface area (Å²) in [4.78, 5) is 21.9. The second kappa shape index (κ2) is 6.68. The first-order valence-corrected chi connectivity index (χ1v) is 6.18. The van der Waals surface area contributed by atoms with E-state index in [2.05, 4.69) is 26.0 Å². The zero-order chi connectivity index (χ0) is 12.0. The van der Waals surface area contributed by atoms with Gasteiger partial charge in [0.25, 0.3) is 0 Å². The average molecular weight is 290 g/mol. The van der Waals surface area contributed by atoms with Gasteiger partial charge >= 0.3 is 5.97 Å². The van der Waals surface area contributed by atoms with Crippen LogP contribution in [0.2, 0.25) is 0 Å². The third-order valence-corrected chi connectivity index (χ3v) is 3.84. The Balaban J connectivity index is 2.84. The van der Waals surface area contributed by atoms with Gasteiger partial charge in [0, 0.05) is 4.48 Å². The highest BCUT2D eigenvalue weighted by Gasteiger charge is 2.23. The van der Waals surface area contributed by atoms with Crippen LogP contribution >= 0.6 is 15.9 Å². The number of hydrogen-bond acceptors (Lipinski definition) is 3. The number of allylic oxidation sites excluding steroid dienone is 1. The Labute approximate surface area is 104 Å².